The fourth-order valence-electron chi connectivity index (χ4n) is 3.73. The van der Waals surface area contributed by atoms with Gasteiger partial charge in [0.05, 0.1) is 19.2 Å². The van der Waals surface area contributed by atoms with Crippen LogP contribution in [-0.4, -0.2) is 43.7 Å². The summed E-state index contributed by atoms with van der Waals surface area (Å²) in [5.74, 6) is 1.19. The summed E-state index contributed by atoms with van der Waals surface area (Å²) in [6.45, 7) is 8.45. The Morgan fingerprint density at radius 1 is 1.09 bits per heavy atom. The average Bonchev–Trinajstić information content (AvgIpc) is 3.08. The predicted octanol–water partition coefficient (Wildman–Crippen LogP) is 3.36. The number of methoxy groups -OCH3 is 1. The minimum Gasteiger partial charge on any atom is -0.496 e. The van der Waals surface area contributed by atoms with Crippen LogP contribution >= 0.6 is 0 Å². The molecule has 2 aromatic carbocycles. The Kier molecular flexibility index (Phi) is 7.28. The van der Waals surface area contributed by atoms with Crippen molar-refractivity contribution < 1.29 is 23.8 Å². The van der Waals surface area contributed by atoms with Crippen molar-refractivity contribution in [1.82, 2.24) is 10.6 Å². The Morgan fingerprint density at radius 2 is 1.81 bits per heavy atom. The average molecular weight is 441 g/mol. The van der Waals surface area contributed by atoms with Gasteiger partial charge >= 0.3 is 0 Å². The first-order chi connectivity index (χ1) is 15.2. The number of para-hydroxylation sites is 2. The van der Waals surface area contributed by atoms with E-state index in [1.54, 1.807) is 24.3 Å². The van der Waals surface area contributed by atoms with E-state index in [1.807, 2.05) is 45.9 Å². The van der Waals surface area contributed by atoms with Gasteiger partial charge in [0.2, 0.25) is 5.91 Å². The minimum atomic E-state index is -0.683. The number of amides is 2. The molecular formula is C25H32N2O5. The van der Waals surface area contributed by atoms with E-state index >= 15 is 0 Å². The van der Waals surface area contributed by atoms with E-state index in [9.17, 15) is 9.59 Å². The van der Waals surface area contributed by atoms with Gasteiger partial charge in [0.1, 0.15) is 24.0 Å². The second kappa shape index (κ2) is 9.94. The molecule has 3 rings (SSSR count). The van der Waals surface area contributed by atoms with Crippen LogP contribution in [0.5, 0.6) is 17.2 Å². The predicted molar refractivity (Wildman–Crippen MR) is 122 cm³/mol. The summed E-state index contributed by atoms with van der Waals surface area (Å²) >= 11 is 0. The van der Waals surface area contributed by atoms with Crippen molar-refractivity contribution in [1.29, 1.82) is 0 Å². The van der Waals surface area contributed by atoms with Gasteiger partial charge in [-0.15, -0.1) is 0 Å². The third kappa shape index (κ3) is 5.52. The molecule has 1 heterocycles. The van der Waals surface area contributed by atoms with E-state index < -0.39 is 6.04 Å². The molecule has 0 saturated heterocycles. The normalized spacial score (nSPS) is 14.8. The van der Waals surface area contributed by atoms with Crippen molar-refractivity contribution in [2.45, 2.75) is 45.8 Å². The quantitative estimate of drug-likeness (QED) is 0.584. The molecule has 172 valence electrons. The number of hydrogen-bond acceptors (Lipinski definition) is 5. The van der Waals surface area contributed by atoms with Crippen molar-refractivity contribution in [3.8, 4) is 17.2 Å². The van der Waals surface area contributed by atoms with Crippen LogP contribution in [0.25, 0.3) is 0 Å². The third-order valence-electron chi connectivity index (χ3n) is 5.30. The topological polar surface area (TPSA) is 85.9 Å². The molecule has 1 atom stereocenters. The van der Waals surface area contributed by atoms with Gasteiger partial charge in [-0.3, -0.25) is 9.59 Å². The van der Waals surface area contributed by atoms with Crippen LogP contribution in [0, 0.1) is 5.92 Å². The smallest absolute Gasteiger partial charge is 0.255 e. The molecule has 1 aliphatic heterocycles. The Morgan fingerprint density at radius 3 is 2.53 bits per heavy atom. The van der Waals surface area contributed by atoms with E-state index in [2.05, 4.69) is 10.6 Å². The Bertz CT molecular complexity index is 971. The van der Waals surface area contributed by atoms with Crippen LogP contribution < -0.4 is 24.8 Å². The SMILES string of the molecule is COc1ccccc1C(=O)NC(C(=O)NCCOc1cccc2c1OC(C)(C)C2)C(C)C. The summed E-state index contributed by atoms with van der Waals surface area (Å²) in [4.78, 5) is 25.5. The largest absolute Gasteiger partial charge is 0.496 e. The van der Waals surface area contributed by atoms with E-state index in [0.717, 1.165) is 17.7 Å². The highest BCUT2D eigenvalue weighted by atomic mass is 16.5. The van der Waals surface area contributed by atoms with Crippen LogP contribution in [-0.2, 0) is 11.2 Å². The number of hydrogen-bond donors (Lipinski definition) is 2. The number of ether oxygens (including phenoxy) is 3. The lowest BCUT2D eigenvalue weighted by Crippen LogP contribution is -2.50. The van der Waals surface area contributed by atoms with Gasteiger partial charge in [0.15, 0.2) is 11.5 Å². The van der Waals surface area contributed by atoms with Crippen LogP contribution in [0.3, 0.4) is 0 Å². The molecular weight excluding hydrogens is 408 g/mol. The molecule has 2 aromatic rings. The van der Waals surface area contributed by atoms with Crippen LogP contribution in [0.1, 0.15) is 43.6 Å². The fourth-order valence-corrected chi connectivity index (χ4v) is 3.73. The van der Waals surface area contributed by atoms with Crippen LogP contribution in [0.4, 0.5) is 0 Å². The fraction of sp³-hybridized carbons (Fsp3) is 0.440. The molecule has 7 nitrogen and oxygen atoms in total. The molecule has 0 bridgehead atoms. The van der Waals surface area contributed by atoms with E-state index in [0.29, 0.717) is 23.6 Å². The lowest BCUT2D eigenvalue weighted by atomic mass is 10.0. The number of nitrogens with one attached hydrogen (secondary N) is 2. The number of fused-ring (bicyclic) bond motifs is 1. The van der Waals surface area contributed by atoms with Crippen molar-refractivity contribution in [2.75, 3.05) is 20.3 Å². The molecule has 32 heavy (non-hydrogen) atoms. The molecule has 0 aliphatic carbocycles. The van der Waals surface area contributed by atoms with E-state index in [4.69, 9.17) is 14.2 Å². The molecule has 2 N–H and O–H groups in total. The lowest BCUT2D eigenvalue weighted by molar-refractivity contribution is -0.124. The summed E-state index contributed by atoms with van der Waals surface area (Å²) in [6.07, 6.45) is 0.832. The van der Waals surface area contributed by atoms with E-state index in [1.165, 1.54) is 7.11 Å². The highest BCUT2D eigenvalue weighted by molar-refractivity contribution is 5.99. The van der Waals surface area contributed by atoms with Crippen LogP contribution in [0.2, 0.25) is 0 Å². The maximum absolute atomic E-state index is 12.8. The molecule has 0 aromatic heterocycles. The second-order valence-corrected chi connectivity index (χ2v) is 8.82. The molecule has 1 unspecified atom stereocenters. The summed E-state index contributed by atoms with van der Waals surface area (Å²) < 4.78 is 17.1. The van der Waals surface area contributed by atoms with E-state index in [-0.39, 0.29) is 29.9 Å². The van der Waals surface area contributed by atoms with Crippen molar-refractivity contribution in [2.24, 2.45) is 5.92 Å². The second-order valence-electron chi connectivity index (χ2n) is 8.82. The number of carbonyl (C=O) groups is 2. The molecule has 0 fully saturated rings. The van der Waals surface area contributed by atoms with Crippen molar-refractivity contribution in [3.63, 3.8) is 0 Å². The maximum Gasteiger partial charge on any atom is 0.255 e. The zero-order valence-electron chi connectivity index (χ0n) is 19.4. The van der Waals surface area contributed by atoms with Crippen molar-refractivity contribution in [3.05, 3.63) is 53.6 Å². The van der Waals surface area contributed by atoms with Gasteiger partial charge in [0, 0.05) is 12.0 Å². The standard InChI is InChI=1S/C25H32N2O5/c1-16(2)21(27-23(28)18-10-6-7-11-19(18)30-5)24(29)26-13-14-31-20-12-8-9-17-15-25(3,4)32-22(17)20/h6-12,16,21H,13-15H2,1-5H3,(H,26,29)(H,27,28). The zero-order chi connectivity index (χ0) is 23.3. The molecule has 7 heteroatoms. The Labute approximate surface area is 189 Å². The molecule has 1 aliphatic rings. The molecule has 0 saturated carbocycles. The highest BCUT2D eigenvalue weighted by Gasteiger charge is 2.32. The summed E-state index contributed by atoms with van der Waals surface area (Å²) in [7, 11) is 1.51. The van der Waals surface area contributed by atoms with Gasteiger partial charge in [-0.1, -0.05) is 38.1 Å². The molecule has 2 amide bonds. The Balaban J connectivity index is 1.54. The highest BCUT2D eigenvalue weighted by Crippen LogP contribution is 2.41. The first-order valence-corrected chi connectivity index (χ1v) is 10.9. The number of benzene rings is 2. The first-order valence-electron chi connectivity index (χ1n) is 10.9. The number of rotatable bonds is 9. The Hall–Kier alpha value is -3.22. The van der Waals surface area contributed by atoms with Gasteiger partial charge < -0.3 is 24.8 Å². The van der Waals surface area contributed by atoms with Gasteiger partial charge in [-0.05, 0) is 38.0 Å². The van der Waals surface area contributed by atoms with Crippen LogP contribution in [0.15, 0.2) is 42.5 Å². The summed E-state index contributed by atoms with van der Waals surface area (Å²) in [6, 6.07) is 12.1. The maximum atomic E-state index is 12.8. The van der Waals surface area contributed by atoms with Crippen molar-refractivity contribution >= 4 is 11.8 Å². The van der Waals surface area contributed by atoms with Gasteiger partial charge in [0.25, 0.3) is 5.91 Å². The zero-order valence-corrected chi connectivity index (χ0v) is 19.4. The molecule has 0 radical (unpaired) electrons. The molecule has 0 spiro atoms. The summed E-state index contributed by atoms with van der Waals surface area (Å²) in [5, 5.41) is 5.67. The third-order valence-corrected chi connectivity index (χ3v) is 5.30. The lowest BCUT2D eigenvalue weighted by Gasteiger charge is -2.22. The minimum absolute atomic E-state index is 0.0948. The number of carbonyl (C=O) groups excluding carboxylic acids is 2. The first kappa shape index (κ1) is 23.4. The van der Waals surface area contributed by atoms with Gasteiger partial charge in [-0.2, -0.15) is 0 Å². The summed E-state index contributed by atoms with van der Waals surface area (Å²) in [5.41, 5.74) is 1.26. The van der Waals surface area contributed by atoms with Gasteiger partial charge in [-0.25, -0.2) is 0 Å². The monoisotopic (exact) mass is 440 g/mol.